The lowest BCUT2D eigenvalue weighted by molar-refractivity contribution is -0.137. The van der Waals surface area contributed by atoms with Gasteiger partial charge < -0.3 is 5.32 Å². The molecule has 0 fully saturated rings. The molecule has 0 heterocycles. The van der Waals surface area contributed by atoms with Crippen molar-refractivity contribution in [1.29, 1.82) is 0 Å². The van der Waals surface area contributed by atoms with Crippen molar-refractivity contribution in [3.05, 3.63) is 78.0 Å². The third-order valence-electron chi connectivity index (χ3n) is 2.76. The Kier molecular flexibility index (Phi) is 4.42. The van der Waals surface area contributed by atoms with E-state index in [-0.39, 0.29) is 5.78 Å². The molecule has 0 unspecified atom stereocenters. The van der Waals surface area contributed by atoms with Crippen LogP contribution in [0.2, 0.25) is 0 Å². The molecule has 0 saturated heterocycles. The van der Waals surface area contributed by atoms with Gasteiger partial charge in [0.25, 0.3) is 0 Å². The van der Waals surface area contributed by atoms with E-state index in [1.807, 2.05) is 0 Å². The first-order chi connectivity index (χ1) is 9.97. The molecule has 2 rings (SSSR count). The van der Waals surface area contributed by atoms with Crippen molar-refractivity contribution >= 4 is 11.5 Å². The van der Waals surface area contributed by atoms with Crippen LogP contribution in [-0.4, -0.2) is 5.78 Å². The summed E-state index contributed by atoms with van der Waals surface area (Å²) in [6, 6.07) is 13.3. The molecule has 2 aromatic rings. The fourth-order valence-corrected chi connectivity index (χ4v) is 1.67. The van der Waals surface area contributed by atoms with Crippen molar-refractivity contribution in [2.45, 2.75) is 6.18 Å². The second kappa shape index (κ2) is 6.26. The van der Waals surface area contributed by atoms with Gasteiger partial charge in [0, 0.05) is 23.5 Å². The molecule has 0 aliphatic rings. The molecule has 1 N–H and O–H groups in total. The number of carbonyl (C=O) groups is 1. The van der Waals surface area contributed by atoms with Gasteiger partial charge in [0.2, 0.25) is 0 Å². The molecule has 0 saturated carbocycles. The van der Waals surface area contributed by atoms with Crippen LogP contribution in [0, 0.1) is 0 Å². The zero-order valence-corrected chi connectivity index (χ0v) is 10.9. The fourth-order valence-electron chi connectivity index (χ4n) is 1.67. The van der Waals surface area contributed by atoms with Crippen molar-refractivity contribution in [2.75, 3.05) is 5.32 Å². The molecule has 0 bridgehead atoms. The largest absolute Gasteiger partial charge is 0.416 e. The van der Waals surface area contributed by atoms with Crippen LogP contribution in [0.1, 0.15) is 15.9 Å². The summed E-state index contributed by atoms with van der Waals surface area (Å²) in [7, 11) is 0. The summed E-state index contributed by atoms with van der Waals surface area (Å²) in [6.45, 7) is 0. The number of anilines is 1. The van der Waals surface area contributed by atoms with E-state index >= 15 is 0 Å². The minimum absolute atomic E-state index is 0.185. The normalized spacial score (nSPS) is 11.6. The number of rotatable bonds is 4. The lowest BCUT2D eigenvalue weighted by Crippen LogP contribution is -2.04. The summed E-state index contributed by atoms with van der Waals surface area (Å²) < 4.78 is 37.2. The molecule has 0 aromatic heterocycles. The molecule has 0 aliphatic heterocycles. The highest BCUT2D eigenvalue weighted by Gasteiger charge is 2.29. The highest BCUT2D eigenvalue weighted by Crippen LogP contribution is 2.29. The third kappa shape index (κ3) is 4.21. The average molecular weight is 291 g/mol. The predicted octanol–water partition coefficient (Wildman–Crippen LogP) is 4.51. The molecule has 5 heteroatoms. The summed E-state index contributed by atoms with van der Waals surface area (Å²) >= 11 is 0. The van der Waals surface area contributed by atoms with Gasteiger partial charge in [-0.15, -0.1) is 0 Å². The van der Waals surface area contributed by atoms with Gasteiger partial charge >= 0.3 is 6.18 Å². The minimum atomic E-state index is -4.35. The smallest absolute Gasteiger partial charge is 0.362 e. The third-order valence-corrected chi connectivity index (χ3v) is 2.76. The molecule has 0 spiro atoms. The standard InChI is InChI=1S/C16H12F3NO/c17-16(18,19)13-6-8-14(9-7-13)20-11-10-15(21)12-4-2-1-3-5-12/h1-11,20H. The monoisotopic (exact) mass is 291 g/mol. The van der Waals surface area contributed by atoms with E-state index in [1.165, 1.54) is 24.4 Å². The number of hydrogen-bond acceptors (Lipinski definition) is 2. The van der Waals surface area contributed by atoms with E-state index < -0.39 is 11.7 Å². The Morgan fingerprint density at radius 2 is 1.57 bits per heavy atom. The number of hydrogen-bond donors (Lipinski definition) is 1. The Hall–Kier alpha value is -2.56. The number of alkyl halides is 3. The quantitative estimate of drug-likeness (QED) is 0.663. The fraction of sp³-hybridized carbons (Fsp3) is 0.0625. The summed E-state index contributed by atoms with van der Waals surface area (Å²) in [4.78, 5) is 11.7. The average Bonchev–Trinajstić information content (AvgIpc) is 2.47. The van der Waals surface area contributed by atoms with Crippen LogP contribution in [0.3, 0.4) is 0 Å². The number of halogens is 3. The Bertz CT molecular complexity index is 631. The van der Waals surface area contributed by atoms with Crippen LogP contribution >= 0.6 is 0 Å². The van der Waals surface area contributed by atoms with E-state index in [0.29, 0.717) is 11.3 Å². The predicted molar refractivity (Wildman–Crippen MR) is 75.0 cm³/mol. The zero-order valence-electron chi connectivity index (χ0n) is 10.9. The molecule has 0 amide bonds. The summed E-state index contributed by atoms with van der Waals surface area (Å²) in [5.41, 5.74) is 0.306. The van der Waals surface area contributed by atoms with Crippen molar-refractivity contribution < 1.29 is 18.0 Å². The maximum absolute atomic E-state index is 12.4. The van der Waals surface area contributed by atoms with Gasteiger partial charge in [0.15, 0.2) is 5.78 Å². The zero-order chi connectivity index (χ0) is 15.3. The van der Waals surface area contributed by atoms with Gasteiger partial charge in [0.05, 0.1) is 5.56 Å². The molecule has 108 valence electrons. The Morgan fingerprint density at radius 3 is 2.14 bits per heavy atom. The Labute approximate surface area is 119 Å². The van der Waals surface area contributed by atoms with Crippen molar-refractivity contribution in [1.82, 2.24) is 0 Å². The van der Waals surface area contributed by atoms with Gasteiger partial charge in [-0.1, -0.05) is 30.3 Å². The highest BCUT2D eigenvalue weighted by molar-refractivity contribution is 6.04. The number of allylic oxidation sites excluding steroid dienone is 1. The van der Waals surface area contributed by atoms with Crippen LogP contribution in [-0.2, 0) is 6.18 Å². The van der Waals surface area contributed by atoms with E-state index in [1.54, 1.807) is 30.3 Å². The van der Waals surface area contributed by atoms with Crippen molar-refractivity contribution in [3.8, 4) is 0 Å². The van der Waals surface area contributed by atoms with Crippen molar-refractivity contribution in [3.63, 3.8) is 0 Å². The summed E-state index contributed by atoms with van der Waals surface area (Å²) in [5.74, 6) is -0.185. The van der Waals surface area contributed by atoms with Gasteiger partial charge in [-0.2, -0.15) is 13.2 Å². The van der Waals surface area contributed by atoms with Crippen LogP contribution in [0.25, 0.3) is 0 Å². The molecule has 2 aromatic carbocycles. The first-order valence-corrected chi connectivity index (χ1v) is 6.16. The van der Waals surface area contributed by atoms with Crippen LogP contribution in [0.5, 0.6) is 0 Å². The van der Waals surface area contributed by atoms with E-state index in [2.05, 4.69) is 5.32 Å². The molecule has 2 nitrogen and oxygen atoms in total. The highest BCUT2D eigenvalue weighted by atomic mass is 19.4. The molecule has 0 aliphatic carbocycles. The number of nitrogens with one attached hydrogen (secondary N) is 1. The second-order valence-electron chi connectivity index (χ2n) is 4.28. The molecule has 21 heavy (non-hydrogen) atoms. The van der Waals surface area contributed by atoms with Gasteiger partial charge in [0.1, 0.15) is 0 Å². The number of ketones is 1. The molecular weight excluding hydrogens is 279 g/mol. The van der Waals surface area contributed by atoms with Crippen LogP contribution < -0.4 is 5.32 Å². The second-order valence-corrected chi connectivity index (χ2v) is 4.28. The van der Waals surface area contributed by atoms with Gasteiger partial charge in [-0.25, -0.2) is 0 Å². The molecular formula is C16H12F3NO. The first kappa shape index (κ1) is 14.8. The summed E-state index contributed by atoms with van der Waals surface area (Å²) in [5, 5.41) is 2.76. The van der Waals surface area contributed by atoms with Gasteiger partial charge in [-0.3, -0.25) is 4.79 Å². The number of benzene rings is 2. The van der Waals surface area contributed by atoms with Crippen LogP contribution in [0.15, 0.2) is 66.9 Å². The maximum Gasteiger partial charge on any atom is 0.416 e. The lowest BCUT2D eigenvalue weighted by Gasteiger charge is -2.07. The molecule has 0 atom stereocenters. The van der Waals surface area contributed by atoms with Crippen molar-refractivity contribution in [2.24, 2.45) is 0 Å². The lowest BCUT2D eigenvalue weighted by atomic mass is 10.1. The SMILES string of the molecule is O=C(C=CNc1ccc(C(F)(F)F)cc1)c1ccccc1. The van der Waals surface area contributed by atoms with E-state index in [0.717, 1.165) is 12.1 Å². The van der Waals surface area contributed by atoms with Crippen LogP contribution in [0.4, 0.5) is 18.9 Å². The van der Waals surface area contributed by atoms with E-state index in [9.17, 15) is 18.0 Å². The Morgan fingerprint density at radius 1 is 0.952 bits per heavy atom. The minimum Gasteiger partial charge on any atom is -0.362 e. The molecule has 0 radical (unpaired) electrons. The van der Waals surface area contributed by atoms with E-state index in [4.69, 9.17) is 0 Å². The Balaban J connectivity index is 1.97. The van der Waals surface area contributed by atoms with Gasteiger partial charge in [-0.05, 0) is 24.3 Å². The topological polar surface area (TPSA) is 29.1 Å². The maximum atomic E-state index is 12.4. The summed E-state index contributed by atoms with van der Waals surface area (Å²) in [6.07, 6.45) is -1.62. The number of carbonyl (C=O) groups excluding carboxylic acids is 1. The first-order valence-electron chi connectivity index (χ1n) is 6.16.